The maximum absolute atomic E-state index is 13.1. The molecular formula is C20H23N5O2S. The van der Waals surface area contributed by atoms with Crippen LogP contribution in [0.4, 0.5) is 5.13 Å². The number of rotatable bonds is 4. The van der Waals surface area contributed by atoms with Crippen LogP contribution in [0.3, 0.4) is 0 Å². The number of aromatic nitrogens is 1. The SMILES string of the molecule is CNC(=O)c1csc(N2CCC(C(=O)N3N=CCC3c3ccccc3)CC2)n1. The minimum absolute atomic E-state index is 0.000747. The van der Waals surface area contributed by atoms with Gasteiger partial charge in [-0.15, -0.1) is 11.3 Å². The first-order chi connectivity index (χ1) is 13.7. The molecule has 2 aliphatic heterocycles. The molecule has 3 heterocycles. The highest BCUT2D eigenvalue weighted by atomic mass is 32.1. The van der Waals surface area contributed by atoms with Gasteiger partial charge in [0, 0.05) is 44.1 Å². The van der Waals surface area contributed by atoms with E-state index in [1.807, 2.05) is 24.4 Å². The summed E-state index contributed by atoms with van der Waals surface area (Å²) in [6.45, 7) is 1.51. The summed E-state index contributed by atoms with van der Waals surface area (Å²) >= 11 is 1.47. The Morgan fingerprint density at radius 3 is 2.64 bits per heavy atom. The van der Waals surface area contributed by atoms with E-state index in [4.69, 9.17) is 0 Å². The summed E-state index contributed by atoms with van der Waals surface area (Å²) in [5, 5.41) is 11.2. The number of anilines is 1. The minimum atomic E-state index is -0.175. The fourth-order valence-corrected chi connectivity index (χ4v) is 4.58. The van der Waals surface area contributed by atoms with Crippen LogP contribution in [0.15, 0.2) is 40.8 Å². The smallest absolute Gasteiger partial charge is 0.270 e. The van der Waals surface area contributed by atoms with Crippen LogP contribution in [0.5, 0.6) is 0 Å². The van der Waals surface area contributed by atoms with Crippen LogP contribution in [-0.4, -0.2) is 48.2 Å². The summed E-state index contributed by atoms with van der Waals surface area (Å²) in [6, 6.07) is 10.1. The van der Waals surface area contributed by atoms with E-state index in [2.05, 4.69) is 32.4 Å². The van der Waals surface area contributed by atoms with Gasteiger partial charge in [0.15, 0.2) is 5.13 Å². The first-order valence-corrected chi connectivity index (χ1v) is 10.4. The van der Waals surface area contributed by atoms with Gasteiger partial charge in [0.25, 0.3) is 5.91 Å². The Labute approximate surface area is 168 Å². The van der Waals surface area contributed by atoms with Gasteiger partial charge >= 0.3 is 0 Å². The van der Waals surface area contributed by atoms with Gasteiger partial charge in [0.05, 0.1) is 6.04 Å². The van der Waals surface area contributed by atoms with Gasteiger partial charge in [0.1, 0.15) is 5.69 Å². The van der Waals surface area contributed by atoms with Crippen molar-refractivity contribution in [2.45, 2.75) is 25.3 Å². The van der Waals surface area contributed by atoms with Gasteiger partial charge in [-0.25, -0.2) is 9.99 Å². The molecule has 0 spiro atoms. The zero-order valence-corrected chi connectivity index (χ0v) is 16.6. The van der Waals surface area contributed by atoms with Crippen LogP contribution in [0.25, 0.3) is 0 Å². The molecule has 28 heavy (non-hydrogen) atoms. The van der Waals surface area contributed by atoms with Gasteiger partial charge in [-0.05, 0) is 18.4 Å². The normalized spacial score (nSPS) is 19.8. The Hall–Kier alpha value is -2.74. The lowest BCUT2D eigenvalue weighted by Gasteiger charge is -2.33. The average Bonchev–Trinajstić information content (AvgIpc) is 3.43. The fraction of sp³-hybridized carbons (Fsp3) is 0.400. The highest BCUT2D eigenvalue weighted by molar-refractivity contribution is 7.13. The van der Waals surface area contributed by atoms with Crippen LogP contribution in [-0.2, 0) is 4.79 Å². The van der Waals surface area contributed by atoms with Crippen molar-refractivity contribution >= 4 is 34.5 Å². The topological polar surface area (TPSA) is 77.9 Å². The van der Waals surface area contributed by atoms with Gasteiger partial charge in [-0.2, -0.15) is 5.10 Å². The zero-order valence-electron chi connectivity index (χ0n) is 15.7. The third kappa shape index (κ3) is 3.64. The van der Waals surface area contributed by atoms with Crippen LogP contribution in [0.1, 0.15) is 41.4 Å². The first-order valence-electron chi connectivity index (χ1n) is 9.50. The molecule has 7 nitrogen and oxygen atoms in total. The largest absolute Gasteiger partial charge is 0.354 e. The molecule has 1 N–H and O–H groups in total. The lowest BCUT2D eigenvalue weighted by molar-refractivity contribution is -0.138. The van der Waals surface area contributed by atoms with E-state index in [-0.39, 0.29) is 23.8 Å². The van der Waals surface area contributed by atoms with E-state index in [1.54, 1.807) is 17.4 Å². The number of piperidine rings is 1. The molecular weight excluding hydrogens is 374 g/mol. The average molecular weight is 398 g/mol. The highest BCUT2D eigenvalue weighted by Gasteiger charge is 2.35. The number of hydrazone groups is 1. The number of hydrogen-bond donors (Lipinski definition) is 1. The van der Waals surface area contributed by atoms with E-state index in [0.29, 0.717) is 5.69 Å². The number of benzene rings is 1. The Kier molecular flexibility index (Phi) is 5.38. The Bertz CT molecular complexity index is 874. The summed E-state index contributed by atoms with van der Waals surface area (Å²) in [7, 11) is 1.60. The molecule has 0 saturated carbocycles. The number of hydrogen-bond acceptors (Lipinski definition) is 6. The van der Waals surface area contributed by atoms with Crippen molar-refractivity contribution in [3.05, 3.63) is 47.0 Å². The minimum Gasteiger partial charge on any atom is -0.354 e. The maximum Gasteiger partial charge on any atom is 0.270 e. The second-order valence-corrected chi connectivity index (χ2v) is 7.84. The third-order valence-electron chi connectivity index (χ3n) is 5.31. The van der Waals surface area contributed by atoms with E-state index >= 15 is 0 Å². The van der Waals surface area contributed by atoms with E-state index in [9.17, 15) is 9.59 Å². The molecule has 4 rings (SSSR count). The van der Waals surface area contributed by atoms with Crippen molar-refractivity contribution in [2.75, 3.05) is 25.0 Å². The molecule has 1 unspecified atom stereocenters. The number of carbonyl (C=O) groups is 2. The van der Waals surface area contributed by atoms with Gasteiger partial charge in [0.2, 0.25) is 5.91 Å². The quantitative estimate of drug-likeness (QED) is 0.860. The Morgan fingerprint density at radius 2 is 1.93 bits per heavy atom. The monoisotopic (exact) mass is 397 g/mol. The van der Waals surface area contributed by atoms with Crippen LogP contribution in [0, 0.1) is 5.92 Å². The van der Waals surface area contributed by atoms with Crippen molar-refractivity contribution in [3.8, 4) is 0 Å². The highest BCUT2D eigenvalue weighted by Crippen LogP contribution is 2.33. The predicted octanol–water partition coefficient (Wildman–Crippen LogP) is 2.68. The number of amides is 2. The van der Waals surface area contributed by atoms with E-state index in [0.717, 1.165) is 43.0 Å². The van der Waals surface area contributed by atoms with Gasteiger partial charge in [-0.1, -0.05) is 30.3 Å². The molecule has 1 aromatic carbocycles. The third-order valence-corrected chi connectivity index (χ3v) is 6.21. The van der Waals surface area contributed by atoms with Gasteiger partial charge < -0.3 is 10.2 Å². The molecule has 1 fully saturated rings. The lowest BCUT2D eigenvalue weighted by atomic mass is 9.94. The summed E-state index contributed by atoms with van der Waals surface area (Å²) in [5.74, 6) is -0.102. The number of carbonyl (C=O) groups excluding carboxylic acids is 2. The summed E-state index contributed by atoms with van der Waals surface area (Å²) in [4.78, 5) is 31.4. The van der Waals surface area contributed by atoms with Crippen molar-refractivity contribution in [2.24, 2.45) is 11.0 Å². The standard InChI is InChI=1S/C20H23N5O2S/c1-21-18(26)16-13-28-20(23-16)24-11-8-15(9-12-24)19(27)25-17(7-10-22-25)14-5-3-2-4-6-14/h2-6,10,13,15,17H,7-9,11-12H2,1H3,(H,21,26). The molecule has 2 aliphatic rings. The molecule has 0 aliphatic carbocycles. The van der Waals surface area contributed by atoms with E-state index in [1.165, 1.54) is 11.3 Å². The first kappa shape index (κ1) is 18.6. The fourth-order valence-electron chi connectivity index (χ4n) is 3.72. The van der Waals surface area contributed by atoms with Crippen LogP contribution in [0.2, 0.25) is 0 Å². The number of thiazole rings is 1. The van der Waals surface area contributed by atoms with Crippen LogP contribution < -0.4 is 10.2 Å². The van der Waals surface area contributed by atoms with Crippen LogP contribution >= 0.6 is 11.3 Å². The Balaban J connectivity index is 1.38. The number of nitrogens with zero attached hydrogens (tertiary/aromatic N) is 4. The molecule has 0 bridgehead atoms. The lowest BCUT2D eigenvalue weighted by Crippen LogP contribution is -2.41. The molecule has 1 saturated heterocycles. The van der Waals surface area contributed by atoms with Crippen molar-refractivity contribution in [3.63, 3.8) is 0 Å². The van der Waals surface area contributed by atoms with Crippen molar-refractivity contribution < 1.29 is 9.59 Å². The molecule has 2 amide bonds. The maximum atomic E-state index is 13.1. The Morgan fingerprint density at radius 1 is 1.18 bits per heavy atom. The molecule has 1 aromatic heterocycles. The molecule has 146 valence electrons. The van der Waals surface area contributed by atoms with Gasteiger partial charge in [-0.3, -0.25) is 9.59 Å². The zero-order chi connectivity index (χ0) is 19.5. The molecule has 0 radical (unpaired) electrons. The van der Waals surface area contributed by atoms with E-state index < -0.39 is 0 Å². The molecule has 2 aromatic rings. The van der Waals surface area contributed by atoms with Crippen molar-refractivity contribution in [1.29, 1.82) is 0 Å². The summed E-state index contributed by atoms with van der Waals surface area (Å²) in [6.07, 6.45) is 4.12. The summed E-state index contributed by atoms with van der Waals surface area (Å²) < 4.78 is 0. The second-order valence-electron chi connectivity index (χ2n) is 7.00. The second kappa shape index (κ2) is 8.10. The molecule has 8 heteroatoms. The van der Waals surface area contributed by atoms with Crippen molar-refractivity contribution in [1.82, 2.24) is 15.3 Å². The number of nitrogens with one attached hydrogen (secondary N) is 1. The molecule has 1 atom stereocenters. The predicted molar refractivity (Wildman–Crippen MR) is 110 cm³/mol. The summed E-state index contributed by atoms with van der Waals surface area (Å²) in [5.41, 5.74) is 1.56.